The Morgan fingerprint density at radius 1 is 1.31 bits per heavy atom. The lowest BCUT2D eigenvalue weighted by Gasteiger charge is -2.13. The molecule has 0 unspecified atom stereocenters. The Morgan fingerprint density at radius 3 is 2.69 bits per heavy atom. The number of guanidine groups is 1. The monoisotopic (exact) mass is 424 g/mol. The van der Waals surface area contributed by atoms with Gasteiger partial charge >= 0.3 is 0 Å². The van der Waals surface area contributed by atoms with E-state index in [1.54, 1.807) is 18.3 Å². The molecule has 0 atom stereocenters. The molecule has 1 aromatic carbocycles. The molecule has 1 aromatic heterocycles. The fraction of sp³-hybridized carbons (Fsp3) is 0.474. The van der Waals surface area contributed by atoms with Crippen molar-refractivity contribution < 1.29 is 8.81 Å². The maximum absolute atomic E-state index is 13.3. The second-order valence-corrected chi connectivity index (χ2v) is 7.84. The van der Waals surface area contributed by atoms with E-state index in [4.69, 9.17) is 4.42 Å². The van der Waals surface area contributed by atoms with E-state index in [0.29, 0.717) is 29.4 Å². The van der Waals surface area contributed by atoms with Crippen LogP contribution in [0.5, 0.6) is 0 Å². The average Bonchev–Trinajstić information content (AvgIpc) is 3.05. The molecule has 2 N–H and O–H groups in total. The first kappa shape index (κ1) is 20.4. The zero-order chi connectivity index (χ0) is 19.2. The summed E-state index contributed by atoms with van der Waals surface area (Å²) in [4.78, 5) is 8.80. The van der Waals surface area contributed by atoms with E-state index in [-0.39, 0.29) is 11.2 Å². The highest BCUT2D eigenvalue weighted by Crippen LogP contribution is 2.22. The predicted molar refractivity (Wildman–Crippen MR) is 106 cm³/mol. The third-order valence-electron chi connectivity index (χ3n) is 3.70. The SMILES string of the molecule is CCNC(=NCc1ncc(C(C)(C)C)o1)NCCc1ccc(F)c(Br)c1. The number of benzene rings is 1. The summed E-state index contributed by atoms with van der Waals surface area (Å²) >= 11 is 3.21. The van der Waals surface area contributed by atoms with Gasteiger partial charge in [-0.2, -0.15) is 0 Å². The van der Waals surface area contributed by atoms with Crippen LogP contribution in [0.25, 0.3) is 0 Å². The highest BCUT2D eigenvalue weighted by molar-refractivity contribution is 9.10. The molecule has 0 spiro atoms. The van der Waals surface area contributed by atoms with Gasteiger partial charge in [-0.15, -0.1) is 0 Å². The number of rotatable bonds is 6. The lowest BCUT2D eigenvalue weighted by atomic mass is 9.94. The fourth-order valence-electron chi connectivity index (χ4n) is 2.24. The van der Waals surface area contributed by atoms with Crippen LogP contribution in [0.15, 0.2) is 38.3 Å². The maximum atomic E-state index is 13.3. The lowest BCUT2D eigenvalue weighted by molar-refractivity contribution is 0.383. The quantitative estimate of drug-likeness (QED) is 0.539. The topological polar surface area (TPSA) is 62.5 Å². The third-order valence-corrected chi connectivity index (χ3v) is 4.31. The van der Waals surface area contributed by atoms with Crippen LogP contribution in [0, 0.1) is 5.82 Å². The predicted octanol–water partition coefficient (Wildman–Crippen LogP) is 4.17. The van der Waals surface area contributed by atoms with Gasteiger partial charge in [0.15, 0.2) is 5.96 Å². The first-order valence-corrected chi connectivity index (χ1v) is 9.50. The van der Waals surface area contributed by atoms with E-state index in [0.717, 1.165) is 24.3 Å². The van der Waals surface area contributed by atoms with Crippen LogP contribution in [-0.4, -0.2) is 24.0 Å². The first-order valence-electron chi connectivity index (χ1n) is 8.71. The van der Waals surface area contributed by atoms with Gasteiger partial charge in [0.25, 0.3) is 0 Å². The molecule has 2 aromatic rings. The highest BCUT2D eigenvalue weighted by Gasteiger charge is 2.19. The normalized spacial score (nSPS) is 12.3. The summed E-state index contributed by atoms with van der Waals surface area (Å²) in [6, 6.07) is 5.04. The largest absolute Gasteiger partial charge is 0.443 e. The number of hydrogen-bond acceptors (Lipinski definition) is 3. The van der Waals surface area contributed by atoms with Crippen LogP contribution in [0.3, 0.4) is 0 Å². The summed E-state index contributed by atoms with van der Waals surface area (Å²) < 4.78 is 19.5. The van der Waals surface area contributed by atoms with E-state index in [1.807, 2.05) is 6.92 Å². The van der Waals surface area contributed by atoms with Crippen molar-refractivity contribution >= 4 is 21.9 Å². The molecular weight excluding hydrogens is 399 g/mol. The highest BCUT2D eigenvalue weighted by atomic mass is 79.9. The summed E-state index contributed by atoms with van der Waals surface area (Å²) in [5.74, 6) is 1.89. The number of halogens is 2. The van der Waals surface area contributed by atoms with Crippen molar-refractivity contribution in [2.24, 2.45) is 4.99 Å². The van der Waals surface area contributed by atoms with Crippen LogP contribution in [0.1, 0.15) is 44.9 Å². The third kappa shape index (κ3) is 6.12. The zero-order valence-electron chi connectivity index (χ0n) is 15.7. The lowest BCUT2D eigenvalue weighted by Crippen LogP contribution is -2.38. The minimum Gasteiger partial charge on any atom is -0.443 e. The van der Waals surface area contributed by atoms with Crippen molar-refractivity contribution in [3.63, 3.8) is 0 Å². The molecule has 0 aliphatic carbocycles. The summed E-state index contributed by atoms with van der Waals surface area (Å²) in [6.07, 6.45) is 2.52. The van der Waals surface area contributed by atoms with E-state index in [9.17, 15) is 4.39 Å². The van der Waals surface area contributed by atoms with Crippen molar-refractivity contribution in [3.05, 3.63) is 51.9 Å². The Hall–Kier alpha value is -1.89. The molecule has 2 rings (SSSR count). The molecule has 1 heterocycles. The Balaban J connectivity index is 1.91. The summed E-state index contributed by atoms with van der Waals surface area (Å²) in [5.41, 5.74) is 0.977. The van der Waals surface area contributed by atoms with Crippen LogP contribution in [0.2, 0.25) is 0 Å². The minimum atomic E-state index is -0.253. The van der Waals surface area contributed by atoms with Crippen molar-refractivity contribution in [2.75, 3.05) is 13.1 Å². The van der Waals surface area contributed by atoms with Crippen molar-refractivity contribution in [1.29, 1.82) is 0 Å². The number of aromatic nitrogens is 1. The number of nitrogens with zero attached hydrogens (tertiary/aromatic N) is 2. The summed E-state index contributed by atoms with van der Waals surface area (Å²) in [7, 11) is 0. The summed E-state index contributed by atoms with van der Waals surface area (Å²) in [6.45, 7) is 10.1. The second-order valence-electron chi connectivity index (χ2n) is 6.99. The fourth-order valence-corrected chi connectivity index (χ4v) is 2.67. The van der Waals surface area contributed by atoms with Gasteiger partial charge in [-0.05, 0) is 47.0 Å². The van der Waals surface area contributed by atoms with Gasteiger partial charge in [0, 0.05) is 18.5 Å². The summed E-state index contributed by atoms with van der Waals surface area (Å²) in [5, 5.41) is 6.47. The smallest absolute Gasteiger partial charge is 0.216 e. The molecule has 0 saturated heterocycles. The van der Waals surface area contributed by atoms with Crippen LogP contribution >= 0.6 is 15.9 Å². The molecular formula is C19H26BrFN4O. The Kier molecular flexibility index (Phi) is 7.20. The van der Waals surface area contributed by atoms with Crippen LogP contribution < -0.4 is 10.6 Å². The van der Waals surface area contributed by atoms with Crippen LogP contribution in [-0.2, 0) is 18.4 Å². The van der Waals surface area contributed by atoms with E-state index < -0.39 is 0 Å². The van der Waals surface area contributed by atoms with Gasteiger partial charge in [-0.3, -0.25) is 0 Å². The van der Waals surface area contributed by atoms with Gasteiger partial charge in [0.2, 0.25) is 5.89 Å². The van der Waals surface area contributed by atoms with Crippen LogP contribution in [0.4, 0.5) is 4.39 Å². The van der Waals surface area contributed by atoms with E-state index in [1.165, 1.54) is 6.07 Å². The molecule has 142 valence electrons. The standard InChI is InChI=1S/C19H26BrFN4O/c1-5-22-18(23-9-8-13-6-7-15(21)14(20)10-13)25-12-17-24-11-16(26-17)19(2,3)4/h6-7,10-11H,5,8-9,12H2,1-4H3,(H2,22,23,25). The molecule has 5 nitrogen and oxygen atoms in total. The molecule has 7 heteroatoms. The number of hydrogen-bond donors (Lipinski definition) is 2. The van der Waals surface area contributed by atoms with Gasteiger partial charge in [0.05, 0.1) is 10.7 Å². The zero-order valence-corrected chi connectivity index (χ0v) is 17.3. The van der Waals surface area contributed by atoms with Gasteiger partial charge in [0.1, 0.15) is 18.1 Å². The van der Waals surface area contributed by atoms with Crippen molar-refractivity contribution in [3.8, 4) is 0 Å². The van der Waals surface area contributed by atoms with E-state index in [2.05, 4.69) is 57.3 Å². The molecule has 0 radical (unpaired) electrons. The number of oxazole rings is 1. The first-order chi connectivity index (χ1) is 12.3. The van der Waals surface area contributed by atoms with Gasteiger partial charge in [-0.1, -0.05) is 26.8 Å². The van der Waals surface area contributed by atoms with E-state index >= 15 is 0 Å². The Morgan fingerprint density at radius 2 is 2.08 bits per heavy atom. The van der Waals surface area contributed by atoms with Gasteiger partial charge in [-0.25, -0.2) is 14.4 Å². The Labute approximate surface area is 162 Å². The molecule has 0 amide bonds. The molecule has 0 saturated carbocycles. The minimum absolute atomic E-state index is 0.0683. The van der Waals surface area contributed by atoms with Crippen molar-refractivity contribution in [2.45, 2.75) is 46.1 Å². The second kappa shape index (κ2) is 9.16. The molecule has 0 aliphatic heterocycles. The molecule has 0 fully saturated rings. The number of nitrogens with one attached hydrogen (secondary N) is 2. The molecule has 26 heavy (non-hydrogen) atoms. The van der Waals surface area contributed by atoms with Gasteiger partial charge < -0.3 is 15.1 Å². The average molecular weight is 425 g/mol. The maximum Gasteiger partial charge on any atom is 0.216 e. The number of aliphatic imine (C=N–C) groups is 1. The molecule has 0 bridgehead atoms. The molecule has 0 aliphatic rings. The van der Waals surface area contributed by atoms with Crippen molar-refractivity contribution in [1.82, 2.24) is 15.6 Å². The Bertz CT molecular complexity index is 752.